The molecule has 3 rings (SSSR count). The Kier molecular flexibility index (Phi) is 5.03. The number of methoxy groups -OCH3 is 2. The number of benzene rings is 2. The molecule has 0 bridgehead atoms. The molecule has 132 valence electrons. The Bertz CT molecular complexity index is 877. The van der Waals surface area contributed by atoms with Gasteiger partial charge in [0.05, 0.1) is 14.2 Å². The predicted molar refractivity (Wildman–Crippen MR) is 101 cm³/mol. The molecule has 1 aliphatic carbocycles. The topological polar surface area (TPSA) is 52.6 Å². The molecule has 4 heteroatoms. The van der Waals surface area contributed by atoms with Gasteiger partial charge in [0.25, 0.3) is 0 Å². The monoisotopic (exact) mass is 348 g/mol. The largest absolute Gasteiger partial charge is 0.497 e. The minimum absolute atomic E-state index is 0.228. The molecule has 0 heterocycles. The van der Waals surface area contributed by atoms with Gasteiger partial charge in [0.1, 0.15) is 5.75 Å². The van der Waals surface area contributed by atoms with Crippen molar-refractivity contribution < 1.29 is 19.1 Å². The van der Waals surface area contributed by atoms with Crippen molar-refractivity contribution in [3.8, 4) is 5.75 Å². The lowest BCUT2D eigenvalue weighted by molar-refractivity contribution is -0.150. The van der Waals surface area contributed by atoms with E-state index in [4.69, 9.17) is 9.47 Å². The number of hydrogen-bond acceptors (Lipinski definition) is 4. The summed E-state index contributed by atoms with van der Waals surface area (Å²) in [4.78, 5) is 25.4. The number of fused-ring (bicyclic) bond motifs is 1. The summed E-state index contributed by atoms with van der Waals surface area (Å²) in [6.07, 6.45) is 7.16. The van der Waals surface area contributed by atoms with Gasteiger partial charge in [-0.05, 0) is 41.3 Å². The lowest BCUT2D eigenvalue weighted by Gasteiger charge is -2.31. The Balaban J connectivity index is 1.96. The fourth-order valence-electron chi connectivity index (χ4n) is 3.24. The van der Waals surface area contributed by atoms with Crippen LogP contribution in [0, 0.1) is 0 Å². The molecular weight excluding hydrogens is 328 g/mol. The molecule has 2 aromatic carbocycles. The van der Waals surface area contributed by atoms with Crippen molar-refractivity contribution in [2.75, 3.05) is 14.2 Å². The maximum Gasteiger partial charge on any atom is 0.324 e. The molecule has 0 saturated carbocycles. The molecule has 1 unspecified atom stereocenters. The number of hydrogen-bond donors (Lipinski definition) is 0. The van der Waals surface area contributed by atoms with Crippen molar-refractivity contribution >= 4 is 23.9 Å². The molecule has 1 atom stereocenters. The zero-order chi connectivity index (χ0) is 18.6. The van der Waals surface area contributed by atoms with E-state index in [1.165, 1.54) is 13.2 Å². The van der Waals surface area contributed by atoms with E-state index < -0.39 is 11.4 Å². The van der Waals surface area contributed by atoms with Crippen molar-refractivity contribution in [1.82, 2.24) is 0 Å². The Morgan fingerprint density at radius 1 is 1.04 bits per heavy atom. The number of carbonyl (C=O) groups is 2. The van der Waals surface area contributed by atoms with E-state index in [-0.39, 0.29) is 12.2 Å². The van der Waals surface area contributed by atoms with Gasteiger partial charge in [0, 0.05) is 0 Å². The van der Waals surface area contributed by atoms with E-state index in [1.807, 2.05) is 60.7 Å². The number of carbonyl (C=O) groups excluding carboxylic acids is 2. The van der Waals surface area contributed by atoms with Gasteiger partial charge in [-0.1, -0.05) is 54.6 Å². The number of ether oxygens (including phenoxy) is 2. The highest BCUT2D eigenvalue weighted by atomic mass is 16.5. The highest BCUT2D eigenvalue weighted by Gasteiger charge is 2.48. The van der Waals surface area contributed by atoms with E-state index in [2.05, 4.69) is 0 Å². The maximum atomic E-state index is 12.8. The highest BCUT2D eigenvalue weighted by Crippen LogP contribution is 2.38. The second kappa shape index (κ2) is 7.40. The first-order valence-electron chi connectivity index (χ1n) is 8.33. The lowest BCUT2D eigenvalue weighted by atomic mass is 9.69. The zero-order valence-electron chi connectivity index (χ0n) is 14.8. The third kappa shape index (κ3) is 3.06. The highest BCUT2D eigenvalue weighted by molar-refractivity contribution is 6.18. The molecule has 0 amide bonds. The van der Waals surface area contributed by atoms with Crippen LogP contribution in [0.25, 0.3) is 12.2 Å². The molecule has 0 N–H and O–H groups in total. The zero-order valence-corrected chi connectivity index (χ0v) is 14.8. The van der Waals surface area contributed by atoms with Crippen molar-refractivity contribution in [2.45, 2.75) is 11.8 Å². The van der Waals surface area contributed by atoms with E-state index in [0.29, 0.717) is 5.56 Å². The van der Waals surface area contributed by atoms with Crippen LogP contribution >= 0.6 is 0 Å². The van der Waals surface area contributed by atoms with Crippen LogP contribution in [0.4, 0.5) is 0 Å². The molecule has 0 fully saturated rings. The minimum atomic E-state index is -1.34. The van der Waals surface area contributed by atoms with Crippen LogP contribution in [-0.4, -0.2) is 26.0 Å². The number of ketones is 1. The Labute approximate surface area is 152 Å². The van der Waals surface area contributed by atoms with Gasteiger partial charge in [-0.3, -0.25) is 9.59 Å². The molecule has 0 spiro atoms. The second-order valence-electron chi connectivity index (χ2n) is 6.06. The molecule has 0 aliphatic heterocycles. The van der Waals surface area contributed by atoms with Crippen molar-refractivity contribution in [2.24, 2.45) is 0 Å². The van der Waals surface area contributed by atoms with Crippen LogP contribution < -0.4 is 4.74 Å². The molecule has 0 radical (unpaired) electrons. The summed E-state index contributed by atoms with van der Waals surface area (Å²) in [6, 6.07) is 15.0. The van der Waals surface area contributed by atoms with Crippen molar-refractivity contribution in [3.05, 3.63) is 77.4 Å². The van der Waals surface area contributed by atoms with E-state index in [1.54, 1.807) is 13.2 Å². The molecule has 1 aliphatic rings. The number of rotatable bonds is 5. The first kappa shape index (κ1) is 17.7. The lowest BCUT2D eigenvalue weighted by Crippen LogP contribution is -2.45. The van der Waals surface area contributed by atoms with Gasteiger partial charge >= 0.3 is 5.97 Å². The average Bonchev–Trinajstić information content (AvgIpc) is 2.69. The third-order valence-corrected chi connectivity index (χ3v) is 4.64. The molecular formula is C22H20O4. The van der Waals surface area contributed by atoms with Crippen LogP contribution in [-0.2, 0) is 19.7 Å². The van der Waals surface area contributed by atoms with Crippen LogP contribution in [0.1, 0.15) is 23.1 Å². The van der Waals surface area contributed by atoms with Gasteiger partial charge in [0.15, 0.2) is 11.2 Å². The Morgan fingerprint density at radius 2 is 1.77 bits per heavy atom. The summed E-state index contributed by atoms with van der Waals surface area (Å²) in [7, 11) is 2.93. The van der Waals surface area contributed by atoms with E-state index in [0.717, 1.165) is 16.9 Å². The van der Waals surface area contributed by atoms with Gasteiger partial charge in [-0.2, -0.15) is 0 Å². The second-order valence-corrected chi connectivity index (χ2v) is 6.06. The van der Waals surface area contributed by atoms with Gasteiger partial charge in [-0.15, -0.1) is 0 Å². The summed E-state index contributed by atoms with van der Waals surface area (Å²) in [5.41, 5.74) is 1.15. The van der Waals surface area contributed by atoms with Crippen molar-refractivity contribution in [3.63, 3.8) is 0 Å². The number of allylic oxidation sites excluding steroid dienone is 2. The molecule has 4 nitrogen and oxygen atoms in total. The van der Waals surface area contributed by atoms with Gasteiger partial charge in [0.2, 0.25) is 0 Å². The number of esters is 1. The van der Waals surface area contributed by atoms with E-state index in [9.17, 15) is 9.59 Å². The van der Waals surface area contributed by atoms with Crippen LogP contribution in [0.2, 0.25) is 0 Å². The summed E-state index contributed by atoms with van der Waals surface area (Å²) < 4.78 is 10.2. The molecule has 26 heavy (non-hydrogen) atoms. The summed E-state index contributed by atoms with van der Waals surface area (Å²) in [5.74, 6) is -0.0317. The molecule has 2 aromatic rings. The van der Waals surface area contributed by atoms with Crippen LogP contribution in [0.5, 0.6) is 5.75 Å². The first-order valence-corrected chi connectivity index (χ1v) is 8.33. The standard InChI is InChI=1S/C22H20O4/c1-25-18-12-9-16(10-13-18)6-5-15-22(21(24)26-2)19-8-4-3-7-17(19)11-14-20(22)23/h3-14H,15H2,1-2H3/b6-5+. The summed E-state index contributed by atoms with van der Waals surface area (Å²) >= 11 is 0. The fourth-order valence-corrected chi connectivity index (χ4v) is 3.24. The van der Waals surface area contributed by atoms with Crippen LogP contribution in [0.3, 0.4) is 0 Å². The normalized spacial score (nSPS) is 18.6. The van der Waals surface area contributed by atoms with Crippen LogP contribution in [0.15, 0.2) is 60.7 Å². The minimum Gasteiger partial charge on any atom is -0.497 e. The third-order valence-electron chi connectivity index (χ3n) is 4.64. The first-order chi connectivity index (χ1) is 12.6. The summed E-state index contributed by atoms with van der Waals surface area (Å²) in [6.45, 7) is 0. The predicted octanol–water partition coefficient (Wildman–Crippen LogP) is 3.81. The Morgan fingerprint density at radius 3 is 2.46 bits per heavy atom. The SMILES string of the molecule is COC(=O)C1(C/C=C/c2ccc(OC)cc2)C(=O)C=Cc2ccccc21. The smallest absolute Gasteiger partial charge is 0.324 e. The van der Waals surface area contributed by atoms with Gasteiger partial charge < -0.3 is 9.47 Å². The molecule has 0 saturated heterocycles. The van der Waals surface area contributed by atoms with Crippen molar-refractivity contribution in [1.29, 1.82) is 0 Å². The van der Waals surface area contributed by atoms with Gasteiger partial charge in [-0.25, -0.2) is 0 Å². The average molecular weight is 348 g/mol. The fraction of sp³-hybridized carbons (Fsp3) is 0.182. The Hall–Kier alpha value is -3.14. The van der Waals surface area contributed by atoms with E-state index >= 15 is 0 Å². The quantitative estimate of drug-likeness (QED) is 0.609. The maximum absolute atomic E-state index is 12.8. The summed E-state index contributed by atoms with van der Waals surface area (Å²) in [5, 5.41) is 0. The molecule has 0 aromatic heterocycles.